The quantitative estimate of drug-likeness (QED) is 0.882. The fourth-order valence-electron chi connectivity index (χ4n) is 1.93. The number of fused-ring (bicyclic) bond motifs is 1. The van der Waals surface area contributed by atoms with Gasteiger partial charge in [-0.1, -0.05) is 30.1 Å². The maximum Gasteiger partial charge on any atom is 0.0914 e. The van der Waals surface area contributed by atoms with Crippen molar-refractivity contribution in [3.63, 3.8) is 0 Å². The van der Waals surface area contributed by atoms with Crippen molar-refractivity contribution in [2.24, 2.45) is 0 Å². The molecule has 2 rings (SSSR count). The van der Waals surface area contributed by atoms with E-state index in [0.29, 0.717) is 16.7 Å². The van der Waals surface area contributed by atoms with Crippen molar-refractivity contribution < 1.29 is 4.74 Å². The van der Waals surface area contributed by atoms with Gasteiger partial charge in [0.05, 0.1) is 22.8 Å². The maximum atomic E-state index is 6.22. The van der Waals surface area contributed by atoms with E-state index in [-0.39, 0.29) is 0 Å². The highest BCUT2D eigenvalue weighted by Gasteiger charge is 2.10. The molecule has 0 amide bonds. The number of ether oxygens (including phenoxy) is 1. The van der Waals surface area contributed by atoms with Crippen LogP contribution in [-0.4, -0.2) is 18.6 Å². The molecular formula is C14H16Cl2N2O. The van der Waals surface area contributed by atoms with Gasteiger partial charge in [0.25, 0.3) is 0 Å². The van der Waals surface area contributed by atoms with Crippen LogP contribution in [0.1, 0.15) is 19.0 Å². The van der Waals surface area contributed by atoms with Gasteiger partial charge in [-0.05, 0) is 24.6 Å². The van der Waals surface area contributed by atoms with Crippen LogP contribution in [-0.2, 0) is 11.3 Å². The summed E-state index contributed by atoms with van der Waals surface area (Å²) in [5, 5.41) is 5.48. The predicted molar refractivity (Wildman–Crippen MR) is 81.3 cm³/mol. The first-order valence-corrected chi connectivity index (χ1v) is 6.92. The molecule has 0 spiro atoms. The minimum Gasteiger partial charge on any atom is -0.384 e. The molecule has 0 radical (unpaired) electrons. The molecule has 0 aliphatic heterocycles. The minimum absolute atomic E-state index is 0.454. The zero-order valence-electron chi connectivity index (χ0n) is 11.0. The first kappa shape index (κ1) is 14.4. The average Bonchev–Trinajstić information content (AvgIpc) is 2.37. The van der Waals surface area contributed by atoms with Crippen LogP contribution in [0.2, 0.25) is 10.0 Å². The second-order valence-corrected chi connectivity index (χ2v) is 5.15. The smallest absolute Gasteiger partial charge is 0.0914 e. The summed E-state index contributed by atoms with van der Waals surface area (Å²) in [7, 11) is 1.65. The third-order valence-electron chi connectivity index (χ3n) is 2.74. The molecule has 0 saturated carbocycles. The van der Waals surface area contributed by atoms with Crippen molar-refractivity contribution in [1.29, 1.82) is 0 Å². The number of anilines is 1. The van der Waals surface area contributed by atoms with Gasteiger partial charge in [0.15, 0.2) is 0 Å². The van der Waals surface area contributed by atoms with E-state index in [1.165, 1.54) is 0 Å². The summed E-state index contributed by atoms with van der Waals surface area (Å²) in [6.45, 7) is 3.46. The monoisotopic (exact) mass is 298 g/mol. The number of hydrogen-bond acceptors (Lipinski definition) is 3. The van der Waals surface area contributed by atoms with Crippen LogP contribution in [0.25, 0.3) is 10.9 Å². The molecular weight excluding hydrogens is 283 g/mol. The number of nitrogens with zero attached hydrogens (tertiary/aromatic N) is 1. The van der Waals surface area contributed by atoms with Crippen LogP contribution in [0.3, 0.4) is 0 Å². The van der Waals surface area contributed by atoms with Crippen LogP contribution >= 0.6 is 23.2 Å². The number of hydrogen-bond donors (Lipinski definition) is 1. The lowest BCUT2D eigenvalue weighted by Crippen LogP contribution is -2.03. The maximum absolute atomic E-state index is 6.22. The largest absolute Gasteiger partial charge is 0.384 e. The summed E-state index contributed by atoms with van der Waals surface area (Å²) in [5.74, 6) is 0. The minimum atomic E-state index is 0.454. The zero-order valence-corrected chi connectivity index (χ0v) is 12.5. The number of methoxy groups -OCH3 is 1. The highest BCUT2D eigenvalue weighted by Crippen LogP contribution is 2.32. The first-order valence-electron chi connectivity index (χ1n) is 6.17. The lowest BCUT2D eigenvalue weighted by Gasteiger charge is -2.12. The van der Waals surface area contributed by atoms with Gasteiger partial charge in [-0.15, -0.1) is 0 Å². The van der Waals surface area contributed by atoms with Gasteiger partial charge in [0.2, 0.25) is 0 Å². The Labute approximate surface area is 122 Å². The Balaban J connectivity index is 2.60. The van der Waals surface area contributed by atoms with E-state index >= 15 is 0 Å². The molecule has 0 aliphatic carbocycles. The van der Waals surface area contributed by atoms with E-state index < -0.39 is 0 Å². The number of aromatic nitrogens is 1. The summed E-state index contributed by atoms with van der Waals surface area (Å²) < 4.78 is 5.14. The summed E-state index contributed by atoms with van der Waals surface area (Å²) >= 11 is 12.3. The molecule has 0 aliphatic rings. The molecule has 19 heavy (non-hydrogen) atoms. The van der Waals surface area contributed by atoms with Gasteiger partial charge in [-0.3, -0.25) is 0 Å². The average molecular weight is 299 g/mol. The molecule has 1 aromatic heterocycles. The van der Waals surface area contributed by atoms with Crippen LogP contribution in [0.15, 0.2) is 18.2 Å². The Morgan fingerprint density at radius 1 is 1.26 bits per heavy atom. The van der Waals surface area contributed by atoms with Gasteiger partial charge in [0.1, 0.15) is 0 Å². The fourth-order valence-corrected chi connectivity index (χ4v) is 2.47. The topological polar surface area (TPSA) is 34.1 Å². The van der Waals surface area contributed by atoms with E-state index in [1.807, 2.05) is 12.1 Å². The van der Waals surface area contributed by atoms with E-state index in [1.54, 1.807) is 13.2 Å². The molecule has 0 fully saturated rings. The third kappa shape index (κ3) is 3.30. The fraction of sp³-hybridized carbons (Fsp3) is 0.357. The Hall–Kier alpha value is -1.03. The molecule has 2 aromatic rings. The Bertz CT molecular complexity index is 587. The highest BCUT2D eigenvalue weighted by molar-refractivity contribution is 6.38. The zero-order chi connectivity index (χ0) is 13.8. The molecule has 0 saturated heterocycles. The Morgan fingerprint density at radius 2 is 2.05 bits per heavy atom. The normalized spacial score (nSPS) is 10.9. The van der Waals surface area contributed by atoms with E-state index in [0.717, 1.165) is 35.2 Å². The Morgan fingerprint density at radius 3 is 2.74 bits per heavy atom. The number of nitrogens with one attached hydrogen (secondary N) is 1. The van der Waals surface area contributed by atoms with Crippen LogP contribution in [0.5, 0.6) is 0 Å². The predicted octanol–water partition coefficient (Wildman–Crippen LogP) is 4.51. The van der Waals surface area contributed by atoms with Crippen LogP contribution < -0.4 is 5.32 Å². The van der Waals surface area contributed by atoms with Crippen molar-refractivity contribution in [3.8, 4) is 0 Å². The number of rotatable bonds is 5. The van der Waals surface area contributed by atoms with Crippen molar-refractivity contribution in [1.82, 2.24) is 4.98 Å². The van der Waals surface area contributed by atoms with E-state index in [2.05, 4.69) is 17.2 Å². The molecule has 3 nitrogen and oxygen atoms in total. The summed E-state index contributed by atoms with van der Waals surface area (Å²) in [4.78, 5) is 4.52. The van der Waals surface area contributed by atoms with Crippen molar-refractivity contribution >= 4 is 39.8 Å². The van der Waals surface area contributed by atoms with Gasteiger partial charge >= 0.3 is 0 Å². The molecule has 5 heteroatoms. The van der Waals surface area contributed by atoms with Crippen molar-refractivity contribution in [3.05, 3.63) is 33.9 Å². The molecule has 1 heterocycles. The lowest BCUT2D eigenvalue weighted by atomic mass is 10.1. The van der Waals surface area contributed by atoms with E-state index in [9.17, 15) is 0 Å². The molecule has 0 atom stereocenters. The third-order valence-corrected chi connectivity index (χ3v) is 3.25. The van der Waals surface area contributed by atoms with Crippen molar-refractivity contribution in [2.45, 2.75) is 20.0 Å². The SMILES string of the molecule is CCCNc1cc(COC)nc2c(Cl)cc(Cl)cc12. The number of pyridine rings is 1. The van der Waals surface area contributed by atoms with Gasteiger partial charge in [-0.25, -0.2) is 4.98 Å². The summed E-state index contributed by atoms with van der Waals surface area (Å²) in [5.41, 5.74) is 2.58. The number of benzene rings is 1. The van der Waals surface area contributed by atoms with Gasteiger partial charge in [0, 0.05) is 29.8 Å². The standard InChI is InChI=1S/C14H16Cl2N2O/c1-3-4-17-13-7-10(8-19-2)18-14-11(13)5-9(15)6-12(14)16/h5-7H,3-4,8H2,1-2H3,(H,17,18). The second-order valence-electron chi connectivity index (χ2n) is 4.30. The lowest BCUT2D eigenvalue weighted by molar-refractivity contribution is 0.182. The molecule has 0 unspecified atom stereocenters. The second kappa shape index (κ2) is 6.42. The molecule has 1 N–H and O–H groups in total. The Kier molecular flexibility index (Phi) is 4.86. The van der Waals surface area contributed by atoms with E-state index in [4.69, 9.17) is 27.9 Å². The molecule has 102 valence electrons. The molecule has 0 bridgehead atoms. The van der Waals surface area contributed by atoms with Gasteiger partial charge < -0.3 is 10.1 Å². The van der Waals surface area contributed by atoms with Crippen LogP contribution in [0.4, 0.5) is 5.69 Å². The first-order chi connectivity index (χ1) is 9.15. The van der Waals surface area contributed by atoms with Crippen molar-refractivity contribution in [2.75, 3.05) is 19.0 Å². The molecule has 1 aromatic carbocycles. The van der Waals surface area contributed by atoms with Gasteiger partial charge in [-0.2, -0.15) is 0 Å². The highest BCUT2D eigenvalue weighted by atomic mass is 35.5. The van der Waals surface area contributed by atoms with Crippen LogP contribution in [0, 0.1) is 0 Å². The summed E-state index contributed by atoms with van der Waals surface area (Å²) in [6, 6.07) is 5.57. The number of halogens is 2. The summed E-state index contributed by atoms with van der Waals surface area (Å²) in [6.07, 6.45) is 1.04.